The van der Waals surface area contributed by atoms with Crippen LogP contribution in [0.1, 0.15) is 45.2 Å². The zero-order valence-electron chi connectivity index (χ0n) is 11.2. The Kier molecular flexibility index (Phi) is 5.11. The topological polar surface area (TPSA) is 55.5 Å². The van der Waals surface area contributed by atoms with E-state index in [2.05, 4.69) is 0 Å². The lowest BCUT2D eigenvalue weighted by Crippen LogP contribution is -2.34. The normalized spacial score (nSPS) is 13.4. The van der Waals surface area contributed by atoms with Gasteiger partial charge < -0.3 is 15.6 Å². The van der Waals surface area contributed by atoms with E-state index < -0.39 is 11.4 Å². The first-order valence-electron chi connectivity index (χ1n) is 6.32. The molecule has 0 amide bonds. The zero-order valence-corrected chi connectivity index (χ0v) is 11.2. The number of ether oxygens (including phenoxy) is 1. The van der Waals surface area contributed by atoms with Gasteiger partial charge in [-0.25, -0.2) is 4.39 Å². The first kappa shape index (κ1) is 14.9. The summed E-state index contributed by atoms with van der Waals surface area (Å²) in [5.74, 6) is -0.293. The zero-order chi connectivity index (χ0) is 13.8. The van der Waals surface area contributed by atoms with Gasteiger partial charge in [-0.15, -0.1) is 0 Å². The first-order chi connectivity index (χ1) is 8.41. The minimum absolute atomic E-state index is 0.0917. The highest BCUT2D eigenvalue weighted by molar-refractivity contribution is 5.30. The summed E-state index contributed by atoms with van der Waals surface area (Å²) in [6.07, 6.45) is 1.14. The number of aliphatic hydroxyl groups is 1. The second kappa shape index (κ2) is 6.16. The summed E-state index contributed by atoms with van der Waals surface area (Å²) in [6.45, 7) is 5.64. The highest BCUT2D eigenvalue weighted by Gasteiger charge is 2.23. The van der Waals surface area contributed by atoms with E-state index in [9.17, 15) is 9.50 Å². The molecule has 1 unspecified atom stereocenters. The molecule has 1 aromatic carbocycles. The number of benzene rings is 1. The van der Waals surface area contributed by atoms with Crippen molar-refractivity contribution < 1.29 is 14.2 Å². The maximum atomic E-state index is 13.7. The summed E-state index contributed by atoms with van der Waals surface area (Å²) >= 11 is 0. The second-order valence-electron chi connectivity index (χ2n) is 4.70. The third kappa shape index (κ3) is 3.68. The van der Waals surface area contributed by atoms with Crippen molar-refractivity contribution in [3.63, 3.8) is 0 Å². The predicted molar refractivity (Wildman–Crippen MR) is 70.0 cm³/mol. The largest absolute Gasteiger partial charge is 0.488 e. The molecule has 18 heavy (non-hydrogen) atoms. The van der Waals surface area contributed by atoms with Crippen LogP contribution in [0.4, 0.5) is 4.39 Å². The Morgan fingerprint density at radius 2 is 2.00 bits per heavy atom. The fraction of sp³-hybridized carbons (Fsp3) is 0.571. The SMILES string of the molecule is CCC(O)(CC)COc1ccc(C(C)N)cc1F. The molecule has 0 radical (unpaired) electrons. The van der Waals surface area contributed by atoms with Gasteiger partial charge in [0.2, 0.25) is 0 Å². The van der Waals surface area contributed by atoms with E-state index in [1.54, 1.807) is 19.1 Å². The molecule has 3 N–H and O–H groups in total. The van der Waals surface area contributed by atoms with E-state index in [0.29, 0.717) is 12.8 Å². The fourth-order valence-corrected chi connectivity index (χ4v) is 1.58. The number of hydrogen-bond acceptors (Lipinski definition) is 3. The Hall–Kier alpha value is -1.13. The van der Waals surface area contributed by atoms with Crippen molar-refractivity contribution >= 4 is 0 Å². The summed E-state index contributed by atoms with van der Waals surface area (Å²) in [4.78, 5) is 0. The van der Waals surface area contributed by atoms with Gasteiger partial charge in [0.05, 0.1) is 5.60 Å². The van der Waals surface area contributed by atoms with Gasteiger partial charge in [0, 0.05) is 6.04 Å². The maximum Gasteiger partial charge on any atom is 0.165 e. The van der Waals surface area contributed by atoms with Crippen LogP contribution in [0.25, 0.3) is 0 Å². The van der Waals surface area contributed by atoms with Crippen LogP contribution in [-0.2, 0) is 0 Å². The average molecular weight is 255 g/mol. The van der Waals surface area contributed by atoms with Gasteiger partial charge in [-0.2, -0.15) is 0 Å². The standard InChI is InChI=1S/C14H22FNO2/c1-4-14(17,5-2)9-18-13-7-6-11(10(3)16)8-12(13)15/h6-8,10,17H,4-5,9,16H2,1-3H3. The summed E-state index contributed by atoms with van der Waals surface area (Å²) in [7, 11) is 0. The molecule has 0 saturated carbocycles. The molecule has 0 spiro atoms. The lowest BCUT2D eigenvalue weighted by atomic mass is 9.99. The number of halogens is 1. The molecule has 3 nitrogen and oxygen atoms in total. The molecule has 0 aliphatic rings. The van der Waals surface area contributed by atoms with Crippen LogP contribution in [0.15, 0.2) is 18.2 Å². The van der Waals surface area contributed by atoms with Gasteiger partial charge in [0.25, 0.3) is 0 Å². The van der Waals surface area contributed by atoms with Crippen LogP contribution < -0.4 is 10.5 Å². The summed E-state index contributed by atoms with van der Waals surface area (Å²) in [6, 6.07) is 4.45. The number of nitrogens with two attached hydrogens (primary N) is 1. The molecule has 0 aromatic heterocycles. The van der Waals surface area contributed by atoms with Gasteiger partial charge >= 0.3 is 0 Å². The van der Waals surface area contributed by atoms with Gasteiger partial charge in [-0.05, 0) is 37.5 Å². The van der Waals surface area contributed by atoms with Gasteiger partial charge in [0.1, 0.15) is 6.61 Å². The lowest BCUT2D eigenvalue weighted by molar-refractivity contribution is -0.0123. The monoisotopic (exact) mass is 255 g/mol. The van der Waals surface area contributed by atoms with E-state index in [1.165, 1.54) is 6.07 Å². The van der Waals surface area contributed by atoms with Crippen LogP contribution in [0, 0.1) is 5.82 Å². The van der Waals surface area contributed by atoms with Gasteiger partial charge in [-0.3, -0.25) is 0 Å². The molecule has 4 heteroatoms. The van der Waals surface area contributed by atoms with E-state index in [1.807, 2.05) is 13.8 Å². The fourth-order valence-electron chi connectivity index (χ4n) is 1.58. The van der Waals surface area contributed by atoms with Crippen molar-refractivity contribution in [2.24, 2.45) is 5.73 Å². The van der Waals surface area contributed by atoms with E-state index in [4.69, 9.17) is 10.5 Å². The Bertz CT molecular complexity index is 389. The molecule has 0 bridgehead atoms. The van der Waals surface area contributed by atoms with Crippen molar-refractivity contribution in [1.82, 2.24) is 0 Å². The molecule has 1 rings (SSSR count). The van der Waals surface area contributed by atoms with Crippen molar-refractivity contribution in [2.75, 3.05) is 6.61 Å². The molecule has 0 saturated heterocycles. The van der Waals surface area contributed by atoms with Gasteiger partial charge in [0.15, 0.2) is 11.6 Å². The molecule has 0 heterocycles. The average Bonchev–Trinajstić information content (AvgIpc) is 2.36. The maximum absolute atomic E-state index is 13.7. The van der Waals surface area contributed by atoms with Crippen LogP contribution in [-0.4, -0.2) is 17.3 Å². The Balaban J connectivity index is 2.74. The summed E-state index contributed by atoms with van der Waals surface area (Å²) in [5.41, 5.74) is 5.50. The van der Waals surface area contributed by atoms with Crippen LogP contribution in [0.3, 0.4) is 0 Å². The highest BCUT2D eigenvalue weighted by Crippen LogP contribution is 2.23. The smallest absolute Gasteiger partial charge is 0.165 e. The third-order valence-electron chi connectivity index (χ3n) is 3.29. The van der Waals surface area contributed by atoms with Crippen LogP contribution in [0.2, 0.25) is 0 Å². The molecule has 1 atom stereocenters. The minimum Gasteiger partial charge on any atom is -0.488 e. The number of rotatable bonds is 6. The molecule has 0 fully saturated rings. The van der Waals surface area contributed by atoms with Gasteiger partial charge in [-0.1, -0.05) is 19.9 Å². The van der Waals surface area contributed by atoms with E-state index >= 15 is 0 Å². The van der Waals surface area contributed by atoms with Crippen molar-refractivity contribution in [3.8, 4) is 5.75 Å². The summed E-state index contributed by atoms with van der Waals surface area (Å²) in [5, 5.41) is 10.1. The Morgan fingerprint density at radius 3 is 2.44 bits per heavy atom. The molecule has 1 aromatic rings. The lowest BCUT2D eigenvalue weighted by Gasteiger charge is -2.25. The predicted octanol–water partition coefficient (Wildman–Crippen LogP) is 2.78. The minimum atomic E-state index is -0.897. The summed E-state index contributed by atoms with van der Waals surface area (Å²) < 4.78 is 19.1. The van der Waals surface area contributed by atoms with E-state index in [0.717, 1.165) is 5.56 Å². The highest BCUT2D eigenvalue weighted by atomic mass is 19.1. The third-order valence-corrected chi connectivity index (χ3v) is 3.29. The second-order valence-corrected chi connectivity index (χ2v) is 4.70. The van der Waals surface area contributed by atoms with Crippen molar-refractivity contribution in [2.45, 2.75) is 45.3 Å². The van der Waals surface area contributed by atoms with E-state index in [-0.39, 0.29) is 18.4 Å². The Labute approximate surface area is 108 Å². The molecule has 102 valence electrons. The molecular weight excluding hydrogens is 233 g/mol. The van der Waals surface area contributed by atoms with Crippen molar-refractivity contribution in [1.29, 1.82) is 0 Å². The number of hydrogen-bond donors (Lipinski definition) is 2. The Morgan fingerprint density at radius 1 is 1.39 bits per heavy atom. The quantitative estimate of drug-likeness (QED) is 0.821. The van der Waals surface area contributed by atoms with Crippen LogP contribution in [0.5, 0.6) is 5.75 Å². The molecule has 0 aliphatic carbocycles. The first-order valence-corrected chi connectivity index (χ1v) is 6.32. The van der Waals surface area contributed by atoms with Crippen molar-refractivity contribution in [3.05, 3.63) is 29.6 Å². The molecule has 0 aliphatic heterocycles. The molecular formula is C14H22FNO2. The van der Waals surface area contributed by atoms with Crippen LogP contribution >= 0.6 is 0 Å².